The molecule has 0 unspecified atom stereocenters. The molecule has 0 aliphatic heterocycles. The number of carbonyl (C=O) groups is 1. The quantitative estimate of drug-likeness (QED) is 0.833. The second kappa shape index (κ2) is 4.73. The lowest BCUT2D eigenvalue weighted by Crippen LogP contribution is -2.51. The first kappa shape index (κ1) is 13.1. The van der Waals surface area contributed by atoms with E-state index in [9.17, 15) is 4.79 Å². The van der Waals surface area contributed by atoms with Crippen LogP contribution >= 0.6 is 0 Å². The Balaban J connectivity index is 1.96. The minimum atomic E-state index is -0.457. The van der Waals surface area contributed by atoms with Gasteiger partial charge in [0.15, 0.2) is 0 Å². The molecular formula is C15H22N2O. The van der Waals surface area contributed by atoms with Crippen LogP contribution in [0.15, 0.2) is 24.3 Å². The van der Waals surface area contributed by atoms with Crippen molar-refractivity contribution in [3.05, 3.63) is 35.4 Å². The third-order valence-corrected chi connectivity index (χ3v) is 3.61. The molecule has 0 spiro atoms. The standard InChI is InChI=1S/C15H22N2O/c1-15(2,3)13(16)14(18)17-12-8-10-6-4-5-7-11(10)9-12/h4-7,12-13H,8-9,16H2,1-3H3,(H,17,18)/t13-/m0/s1. The third-order valence-electron chi connectivity index (χ3n) is 3.61. The lowest BCUT2D eigenvalue weighted by molar-refractivity contribution is -0.125. The Morgan fingerprint density at radius 3 is 2.22 bits per heavy atom. The Labute approximate surface area is 109 Å². The Morgan fingerprint density at radius 1 is 1.28 bits per heavy atom. The molecule has 1 aromatic carbocycles. The van der Waals surface area contributed by atoms with Gasteiger partial charge >= 0.3 is 0 Å². The van der Waals surface area contributed by atoms with E-state index in [1.807, 2.05) is 32.9 Å². The van der Waals surface area contributed by atoms with Gasteiger partial charge in [0.05, 0.1) is 6.04 Å². The Hall–Kier alpha value is -1.35. The maximum Gasteiger partial charge on any atom is 0.237 e. The molecule has 0 saturated heterocycles. The van der Waals surface area contributed by atoms with Crippen LogP contribution in [0.2, 0.25) is 0 Å². The number of carbonyl (C=O) groups excluding carboxylic acids is 1. The van der Waals surface area contributed by atoms with E-state index in [1.54, 1.807) is 0 Å². The maximum atomic E-state index is 12.1. The first-order valence-corrected chi connectivity index (χ1v) is 6.50. The molecular weight excluding hydrogens is 224 g/mol. The average Bonchev–Trinajstić information content (AvgIpc) is 2.68. The smallest absolute Gasteiger partial charge is 0.237 e. The van der Waals surface area contributed by atoms with E-state index in [1.165, 1.54) is 11.1 Å². The molecule has 1 amide bonds. The molecule has 0 bridgehead atoms. The van der Waals surface area contributed by atoms with Crippen LogP contribution in [0, 0.1) is 5.41 Å². The molecule has 0 radical (unpaired) electrons. The van der Waals surface area contributed by atoms with Crippen molar-refractivity contribution in [2.75, 3.05) is 0 Å². The number of hydrogen-bond acceptors (Lipinski definition) is 2. The van der Waals surface area contributed by atoms with Gasteiger partial charge < -0.3 is 11.1 Å². The van der Waals surface area contributed by atoms with Crippen molar-refractivity contribution in [2.24, 2.45) is 11.1 Å². The van der Waals surface area contributed by atoms with Crippen LogP contribution in [0.4, 0.5) is 0 Å². The highest BCUT2D eigenvalue weighted by atomic mass is 16.2. The van der Waals surface area contributed by atoms with Gasteiger partial charge in [-0.25, -0.2) is 0 Å². The highest BCUT2D eigenvalue weighted by molar-refractivity contribution is 5.82. The van der Waals surface area contributed by atoms with Crippen molar-refractivity contribution in [2.45, 2.75) is 45.7 Å². The molecule has 3 nitrogen and oxygen atoms in total. The minimum Gasteiger partial charge on any atom is -0.351 e. The zero-order valence-electron chi connectivity index (χ0n) is 11.4. The zero-order valence-corrected chi connectivity index (χ0v) is 11.4. The summed E-state index contributed by atoms with van der Waals surface area (Å²) in [5.74, 6) is -0.0414. The van der Waals surface area contributed by atoms with Gasteiger partial charge in [0.1, 0.15) is 0 Å². The molecule has 1 aromatic rings. The van der Waals surface area contributed by atoms with Gasteiger partial charge in [-0.15, -0.1) is 0 Å². The van der Waals surface area contributed by atoms with Crippen molar-refractivity contribution in [1.82, 2.24) is 5.32 Å². The number of fused-ring (bicyclic) bond motifs is 1. The van der Waals surface area contributed by atoms with Crippen molar-refractivity contribution >= 4 is 5.91 Å². The molecule has 3 N–H and O–H groups in total. The van der Waals surface area contributed by atoms with Gasteiger partial charge in [-0.05, 0) is 29.4 Å². The van der Waals surface area contributed by atoms with Crippen LogP contribution in [0.1, 0.15) is 31.9 Å². The first-order valence-electron chi connectivity index (χ1n) is 6.50. The van der Waals surface area contributed by atoms with Crippen molar-refractivity contribution in [3.63, 3.8) is 0 Å². The Bertz CT molecular complexity index is 423. The lowest BCUT2D eigenvalue weighted by Gasteiger charge is -2.27. The molecule has 1 aliphatic carbocycles. The molecule has 18 heavy (non-hydrogen) atoms. The van der Waals surface area contributed by atoms with Gasteiger partial charge in [-0.2, -0.15) is 0 Å². The minimum absolute atomic E-state index is 0.0414. The Kier molecular flexibility index (Phi) is 3.44. The largest absolute Gasteiger partial charge is 0.351 e. The second-order valence-corrected chi connectivity index (χ2v) is 6.23. The summed E-state index contributed by atoms with van der Waals surface area (Å²) in [4.78, 5) is 12.1. The van der Waals surface area contributed by atoms with Crippen LogP contribution in [-0.2, 0) is 17.6 Å². The summed E-state index contributed by atoms with van der Waals surface area (Å²) in [5, 5.41) is 3.07. The molecule has 1 aliphatic rings. The van der Waals surface area contributed by atoms with Gasteiger partial charge in [0, 0.05) is 6.04 Å². The summed E-state index contributed by atoms with van der Waals surface area (Å²) >= 11 is 0. The van der Waals surface area contributed by atoms with Crippen molar-refractivity contribution in [1.29, 1.82) is 0 Å². The maximum absolute atomic E-state index is 12.1. The van der Waals surface area contributed by atoms with E-state index in [0.717, 1.165) is 12.8 Å². The fraction of sp³-hybridized carbons (Fsp3) is 0.533. The van der Waals surface area contributed by atoms with Crippen molar-refractivity contribution in [3.8, 4) is 0 Å². The number of amides is 1. The van der Waals surface area contributed by atoms with E-state index in [4.69, 9.17) is 5.73 Å². The summed E-state index contributed by atoms with van der Waals surface area (Å²) in [7, 11) is 0. The fourth-order valence-electron chi connectivity index (χ4n) is 2.35. The van der Waals surface area contributed by atoms with E-state index in [-0.39, 0.29) is 17.4 Å². The summed E-state index contributed by atoms with van der Waals surface area (Å²) in [6.45, 7) is 5.96. The predicted octanol–water partition coefficient (Wildman–Crippen LogP) is 1.64. The van der Waals surface area contributed by atoms with E-state index in [2.05, 4.69) is 17.4 Å². The molecule has 3 heteroatoms. The monoisotopic (exact) mass is 246 g/mol. The molecule has 0 fully saturated rings. The van der Waals surface area contributed by atoms with Gasteiger partial charge in [-0.1, -0.05) is 45.0 Å². The topological polar surface area (TPSA) is 55.1 Å². The first-order chi connectivity index (χ1) is 8.38. The third kappa shape index (κ3) is 2.72. The number of nitrogens with one attached hydrogen (secondary N) is 1. The fourth-order valence-corrected chi connectivity index (χ4v) is 2.35. The Morgan fingerprint density at radius 2 is 1.78 bits per heavy atom. The highest BCUT2D eigenvalue weighted by Gasteiger charge is 2.30. The average molecular weight is 246 g/mol. The lowest BCUT2D eigenvalue weighted by atomic mass is 9.87. The number of nitrogens with two attached hydrogens (primary N) is 1. The molecule has 0 aromatic heterocycles. The summed E-state index contributed by atoms with van der Waals surface area (Å²) in [6, 6.07) is 8.09. The highest BCUT2D eigenvalue weighted by Crippen LogP contribution is 2.23. The number of hydrogen-bond donors (Lipinski definition) is 2. The number of rotatable bonds is 2. The predicted molar refractivity (Wildman–Crippen MR) is 73.2 cm³/mol. The SMILES string of the molecule is CC(C)(C)[C@@H](N)C(=O)NC1Cc2ccccc2C1. The second-order valence-electron chi connectivity index (χ2n) is 6.23. The molecule has 1 atom stereocenters. The van der Waals surface area contributed by atoms with Crippen LogP contribution in [0.3, 0.4) is 0 Å². The van der Waals surface area contributed by atoms with Gasteiger partial charge in [-0.3, -0.25) is 4.79 Å². The summed E-state index contributed by atoms with van der Waals surface area (Å²) < 4.78 is 0. The molecule has 0 saturated carbocycles. The summed E-state index contributed by atoms with van der Waals surface area (Å²) in [6.07, 6.45) is 1.83. The summed E-state index contributed by atoms with van der Waals surface area (Å²) in [5.41, 5.74) is 8.45. The zero-order chi connectivity index (χ0) is 13.3. The van der Waals surface area contributed by atoms with E-state index >= 15 is 0 Å². The van der Waals surface area contributed by atoms with Gasteiger partial charge in [0.2, 0.25) is 5.91 Å². The van der Waals surface area contributed by atoms with Gasteiger partial charge in [0.25, 0.3) is 0 Å². The van der Waals surface area contributed by atoms with Crippen LogP contribution in [0.25, 0.3) is 0 Å². The van der Waals surface area contributed by atoms with Crippen LogP contribution < -0.4 is 11.1 Å². The molecule has 2 rings (SSSR count). The number of benzene rings is 1. The molecule has 0 heterocycles. The van der Waals surface area contributed by atoms with E-state index < -0.39 is 6.04 Å². The van der Waals surface area contributed by atoms with Crippen LogP contribution in [0.5, 0.6) is 0 Å². The molecule has 98 valence electrons. The normalized spacial score (nSPS) is 17.3. The van der Waals surface area contributed by atoms with E-state index in [0.29, 0.717) is 0 Å². The van der Waals surface area contributed by atoms with Crippen molar-refractivity contribution < 1.29 is 4.79 Å². The van der Waals surface area contributed by atoms with Crippen LogP contribution in [-0.4, -0.2) is 18.0 Å².